The summed E-state index contributed by atoms with van der Waals surface area (Å²) in [6, 6.07) is 8.28. The number of carbonyl (C=O) groups excluding carboxylic acids is 1. The van der Waals surface area contributed by atoms with Gasteiger partial charge in [0.25, 0.3) is 0 Å². The molecule has 0 aliphatic rings. The molecule has 118 valence electrons. The quantitative estimate of drug-likeness (QED) is 0.735. The third-order valence-corrected chi connectivity index (χ3v) is 5.12. The van der Waals surface area contributed by atoms with Gasteiger partial charge in [-0.15, -0.1) is 11.3 Å². The second-order valence-corrected chi connectivity index (χ2v) is 6.41. The Morgan fingerprint density at radius 2 is 1.83 bits per heavy atom. The van der Waals surface area contributed by atoms with Gasteiger partial charge in [0, 0.05) is 15.8 Å². The van der Waals surface area contributed by atoms with Crippen LogP contribution >= 0.6 is 11.3 Å². The molecule has 3 rings (SSSR count). The first-order valence-electron chi connectivity index (χ1n) is 6.97. The van der Waals surface area contributed by atoms with E-state index in [0.717, 1.165) is 20.4 Å². The summed E-state index contributed by atoms with van der Waals surface area (Å²) in [7, 11) is 1.55. The molecule has 0 amide bonds. The van der Waals surface area contributed by atoms with Crippen LogP contribution in [0.25, 0.3) is 10.2 Å². The second kappa shape index (κ2) is 5.55. The lowest BCUT2D eigenvalue weighted by molar-refractivity contribution is 0.102. The largest absolute Gasteiger partial charge is 0.497 e. The van der Waals surface area contributed by atoms with Crippen molar-refractivity contribution in [1.29, 1.82) is 0 Å². The van der Waals surface area contributed by atoms with Crippen LogP contribution in [0.2, 0.25) is 0 Å². The van der Waals surface area contributed by atoms with Gasteiger partial charge in [-0.05, 0) is 49.7 Å². The third-order valence-electron chi connectivity index (χ3n) is 3.91. The van der Waals surface area contributed by atoms with Gasteiger partial charge in [0.15, 0.2) is 0 Å². The normalized spacial score (nSPS) is 10.9. The van der Waals surface area contributed by atoms with Crippen LogP contribution in [-0.4, -0.2) is 28.7 Å². The number of methoxy groups -OCH3 is 1. The second-order valence-electron chi connectivity index (χ2n) is 5.21. The molecule has 1 N–H and O–H groups in total. The van der Waals surface area contributed by atoms with E-state index in [1.807, 2.05) is 13.8 Å². The van der Waals surface area contributed by atoms with Crippen molar-refractivity contribution in [1.82, 2.24) is 4.57 Å². The van der Waals surface area contributed by atoms with Crippen LogP contribution in [0.3, 0.4) is 0 Å². The highest BCUT2D eigenvalue weighted by Crippen LogP contribution is 2.33. The van der Waals surface area contributed by atoms with Crippen molar-refractivity contribution in [2.75, 3.05) is 7.11 Å². The van der Waals surface area contributed by atoms with E-state index in [1.54, 1.807) is 37.4 Å². The highest BCUT2D eigenvalue weighted by Gasteiger charge is 2.23. The maximum atomic E-state index is 12.7. The molecule has 3 aromatic rings. The molecular weight excluding hydrogens is 314 g/mol. The van der Waals surface area contributed by atoms with Crippen LogP contribution in [0.5, 0.6) is 5.75 Å². The fourth-order valence-electron chi connectivity index (χ4n) is 2.52. The zero-order chi connectivity index (χ0) is 16.7. The average Bonchev–Trinajstić information content (AvgIpc) is 3.04. The number of fused-ring (bicyclic) bond motifs is 1. The topological polar surface area (TPSA) is 68.5 Å². The van der Waals surface area contributed by atoms with E-state index in [-0.39, 0.29) is 11.5 Å². The van der Waals surface area contributed by atoms with Gasteiger partial charge < -0.3 is 9.84 Å². The highest BCUT2D eigenvalue weighted by atomic mass is 32.1. The number of ether oxygens (including phenoxy) is 1. The summed E-state index contributed by atoms with van der Waals surface area (Å²) < 4.78 is 6.15. The van der Waals surface area contributed by atoms with Gasteiger partial charge >= 0.3 is 6.09 Å². The first kappa shape index (κ1) is 15.3. The zero-order valence-electron chi connectivity index (χ0n) is 12.9. The van der Waals surface area contributed by atoms with Crippen LogP contribution in [0.15, 0.2) is 30.3 Å². The summed E-state index contributed by atoms with van der Waals surface area (Å²) in [6.45, 7) is 3.87. The molecule has 5 nitrogen and oxygen atoms in total. The van der Waals surface area contributed by atoms with E-state index in [0.29, 0.717) is 16.1 Å². The number of aryl methyl sites for hydroxylation is 2. The van der Waals surface area contributed by atoms with Gasteiger partial charge in [0.1, 0.15) is 16.3 Å². The molecule has 0 spiro atoms. The summed E-state index contributed by atoms with van der Waals surface area (Å²) in [5.41, 5.74) is 1.59. The summed E-state index contributed by atoms with van der Waals surface area (Å²) in [6.07, 6.45) is -1.15. The van der Waals surface area contributed by atoms with Gasteiger partial charge in [0.05, 0.1) is 7.11 Å². The lowest BCUT2D eigenvalue weighted by Crippen LogP contribution is -2.15. The standard InChI is InChI=1S/C17H15NO4S/c1-9-10(2)23-16-13(9)8-14(18(16)17(20)21)15(19)11-4-6-12(22-3)7-5-11/h4-8H,1-3H3,(H,20,21). The van der Waals surface area contributed by atoms with Gasteiger partial charge in [-0.2, -0.15) is 0 Å². The Kier molecular flexibility index (Phi) is 3.69. The fraction of sp³-hybridized carbons (Fsp3) is 0.176. The molecule has 0 bridgehead atoms. The predicted octanol–water partition coefficient (Wildman–Crippen LogP) is 4.09. The lowest BCUT2D eigenvalue weighted by Gasteiger charge is -2.05. The number of hydrogen-bond acceptors (Lipinski definition) is 4. The average molecular weight is 329 g/mol. The smallest absolute Gasteiger partial charge is 0.417 e. The maximum Gasteiger partial charge on any atom is 0.417 e. The Bertz CT molecular complexity index is 918. The molecule has 2 heterocycles. The van der Waals surface area contributed by atoms with Crippen LogP contribution in [-0.2, 0) is 0 Å². The van der Waals surface area contributed by atoms with E-state index in [9.17, 15) is 14.7 Å². The van der Waals surface area contributed by atoms with Crippen LogP contribution in [0.4, 0.5) is 4.79 Å². The Balaban J connectivity index is 2.16. The van der Waals surface area contributed by atoms with Gasteiger partial charge in [-0.25, -0.2) is 9.36 Å². The number of thiophene rings is 1. The monoisotopic (exact) mass is 329 g/mol. The molecule has 0 unspecified atom stereocenters. The molecule has 0 fully saturated rings. The number of nitrogens with zero attached hydrogens (tertiary/aromatic N) is 1. The van der Waals surface area contributed by atoms with Crippen molar-refractivity contribution >= 4 is 33.4 Å². The van der Waals surface area contributed by atoms with Crippen molar-refractivity contribution in [2.24, 2.45) is 0 Å². The fourth-order valence-corrected chi connectivity index (χ4v) is 3.66. The molecule has 0 aliphatic carbocycles. The van der Waals surface area contributed by atoms with E-state index >= 15 is 0 Å². The minimum absolute atomic E-state index is 0.159. The molecule has 23 heavy (non-hydrogen) atoms. The summed E-state index contributed by atoms with van der Waals surface area (Å²) >= 11 is 1.38. The SMILES string of the molecule is COc1ccc(C(=O)c2cc3c(C)c(C)sc3n2C(=O)O)cc1. The first-order valence-corrected chi connectivity index (χ1v) is 7.79. The van der Waals surface area contributed by atoms with E-state index in [4.69, 9.17) is 4.74 Å². The first-order chi connectivity index (χ1) is 10.9. The predicted molar refractivity (Wildman–Crippen MR) is 89.1 cm³/mol. The maximum absolute atomic E-state index is 12.7. The van der Waals surface area contributed by atoms with Gasteiger partial charge in [-0.1, -0.05) is 0 Å². The minimum atomic E-state index is -1.15. The Morgan fingerprint density at radius 1 is 1.17 bits per heavy atom. The van der Waals surface area contributed by atoms with Gasteiger partial charge in [0.2, 0.25) is 5.78 Å². The molecule has 0 saturated heterocycles. The van der Waals surface area contributed by atoms with Crippen LogP contribution in [0, 0.1) is 13.8 Å². The molecule has 0 aliphatic heterocycles. The number of aromatic nitrogens is 1. The summed E-state index contributed by atoms with van der Waals surface area (Å²) in [4.78, 5) is 26.0. The summed E-state index contributed by atoms with van der Waals surface area (Å²) in [5, 5.41) is 10.3. The minimum Gasteiger partial charge on any atom is -0.497 e. The zero-order valence-corrected chi connectivity index (χ0v) is 13.7. The molecule has 0 atom stereocenters. The van der Waals surface area contributed by atoms with Crippen LogP contribution < -0.4 is 4.74 Å². The molecule has 1 aromatic carbocycles. The van der Waals surface area contributed by atoms with Crippen molar-refractivity contribution < 1.29 is 19.4 Å². The number of carbonyl (C=O) groups is 2. The molecule has 6 heteroatoms. The third kappa shape index (κ3) is 2.41. The molecule has 2 aromatic heterocycles. The number of ketones is 1. The highest BCUT2D eigenvalue weighted by molar-refractivity contribution is 7.19. The number of carboxylic acid groups (broad SMARTS) is 1. The van der Waals surface area contributed by atoms with E-state index in [1.165, 1.54) is 11.3 Å². The number of rotatable bonds is 3. The Morgan fingerprint density at radius 3 is 2.39 bits per heavy atom. The van der Waals surface area contributed by atoms with Crippen LogP contribution in [0.1, 0.15) is 26.5 Å². The molecular formula is C17H15NO4S. The Hall–Kier alpha value is -2.60. The van der Waals surface area contributed by atoms with Crippen molar-refractivity contribution in [3.05, 3.63) is 52.0 Å². The van der Waals surface area contributed by atoms with Crippen molar-refractivity contribution in [3.8, 4) is 5.75 Å². The van der Waals surface area contributed by atoms with Gasteiger partial charge in [-0.3, -0.25) is 4.79 Å². The lowest BCUT2D eigenvalue weighted by atomic mass is 10.1. The van der Waals surface area contributed by atoms with Crippen molar-refractivity contribution in [3.63, 3.8) is 0 Å². The summed E-state index contributed by atoms with van der Waals surface area (Å²) in [5.74, 6) is 0.318. The number of hydrogen-bond donors (Lipinski definition) is 1. The molecule has 0 radical (unpaired) electrons. The number of benzene rings is 1. The Labute approximate surface area is 136 Å². The van der Waals surface area contributed by atoms with E-state index < -0.39 is 6.09 Å². The van der Waals surface area contributed by atoms with Crippen molar-refractivity contribution in [2.45, 2.75) is 13.8 Å². The molecule has 0 saturated carbocycles. The van der Waals surface area contributed by atoms with E-state index in [2.05, 4.69) is 0 Å².